The minimum atomic E-state index is 0.147. The van der Waals surface area contributed by atoms with E-state index in [1.54, 1.807) is 0 Å². The van der Waals surface area contributed by atoms with Gasteiger partial charge in [-0.3, -0.25) is 0 Å². The smallest absolute Gasteiger partial charge is 0.0721 e. The first-order valence-corrected chi connectivity index (χ1v) is 5.79. The number of nitrogens with two attached hydrogens (primary N) is 1. The van der Waals surface area contributed by atoms with Gasteiger partial charge in [-0.25, -0.2) is 0 Å². The average Bonchev–Trinajstić information content (AvgIpc) is 3.09. The standard InChI is InChI=1S/C14H19NO/c1-16-14(8-9-14)11-13-6-4-12(5-7-13)3-2-10-15/h2-7H,8-11,15H2,1H3/b3-2+. The molecule has 0 aliphatic heterocycles. The Hall–Kier alpha value is -1.12. The van der Waals surface area contributed by atoms with Crippen molar-refractivity contribution in [2.75, 3.05) is 13.7 Å². The third kappa shape index (κ3) is 2.71. The summed E-state index contributed by atoms with van der Waals surface area (Å²) in [5.74, 6) is 0. The van der Waals surface area contributed by atoms with Gasteiger partial charge in [-0.1, -0.05) is 36.4 Å². The van der Waals surface area contributed by atoms with E-state index in [0.29, 0.717) is 6.54 Å². The molecule has 2 rings (SSSR count). The third-order valence-corrected chi connectivity index (χ3v) is 3.19. The fourth-order valence-corrected chi connectivity index (χ4v) is 1.92. The van der Waals surface area contributed by atoms with E-state index in [1.807, 2.05) is 19.3 Å². The van der Waals surface area contributed by atoms with Crippen molar-refractivity contribution < 1.29 is 4.74 Å². The first-order chi connectivity index (χ1) is 7.78. The molecule has 1 aliphatic carbocycles. The zero-order valence-electron chi connectivity index (χ0n) is 9.78. The first-order valence-electron chi connectivity index (χ1n) is 5.79. The Kier molecular flexibility index (Phi) is 3.42. The van der Waals surface area contributed by atoms with E-state index in [9.17, 15) is 0 Å². The van der Waals surface area contributed by atoms with Crippen molar-refractivity contribution in [2.45, 2.75) is 24.9 Å². The quantitative estimate of drug-likeness (QED) is 0.822. The highest BCUT2D eigenvalue weighted by Gasteiger charge is 2.42. The Balaban J connectivity index is 1.99. The lowest BCUT2D eigenvalue weighted by atomic mass is 10.0. The number of benzene rings is 1. The first kappa shape index (κ1) is 11.4. The zero-order valence-corrected chi connectivity index (χ0v) is 9.78. The monoisotopic (exact) mass is 217 g/mol. The van der Waals surface area contributed by atoms with Crippen LogP contribution in [0.2, 0.25) is 0 Å². The number of ether oxygens (including phenoxy) is 1. The van der Waals surface area contributed by atoms with Gasteiger partial charge in [0.25, 0.3) is 0 Å². The summed E-state index contributed by atoms with van der Waals surface area (Å²) >= 11 is 0. The molecule has 0 amide bonds. The second-order valence-corrected chi connectivity index (χ2v) is 4.44. The van der Waals surface area contributed by atoms with Gasteiger partial charge in [0.15, 0.2) is 0 Å². The summed E-state index contributed by atoms with van der Waals surface area (Å²) in [7, 11) is 1.81. The second kappa shape index (κ2) is 4.81. The Morgan fingerprint density at radius 1 is 1.31 bits per heavy atom. The van der Waals surface area contributed by atoms with E-state index in [4.69, 9.17) is 10.5 Å². The molecule has 1 fully saturated rings. The predicted molar refractivity (Wildman–Crippen MR) is 67.2 cm³/mol. The Labute approximate surface area is 97.1 Å². The molecular formula is C14H19NO. The summed E-state index contributed by atoms with van der Waals surface area (Å²) in [6, 6.07) is 8.62. The molecule has 2 N–H and O–H groups in total. The summed E-state index contributed by atoms with van der Waals surface area (Å²) in [4.78, 5) is 0. The van der Waals surface area contributed by atoms with Crippen molar-refractivity contribution in [2.24, 2.45) is 5.73 Å². The second-order valence-electron chi connectivity index (χ2n) is 4.44. The van der Waals surface area contributed by atoms with Gasteiger partial charge in [0.1, 0.15) is 0 Å². The minimum absolute atomic E-state index is 0.147. The van der Waals surface area contributed by atoms with Crippen LogP contribution in [0.4, 0.5) is 0 Å². The van der Waals surface area contributed by atoms with Gasteiger partial charge in [0.05, 0.1) is 5.60 Å². The van der Waals surface area contributed by atoms with Crippen molar-refractivity contribution in [3.8, 4) is 0 Å². The number of hydrogen-bond donors (Lipinski definition) is 1. The molecule has 0 atom stereocenters. The maximum Gasteiger partial charge on any atom is 0.0721 e. The molecule has 1 aromatic rings. The molecule has 0 aromatic heterocycles. The van der Waals surface area contributed by atoms with Gasteiger partial charge in [-0.15, -0.1) is 0 Å². The molecule has 0 heterocycles. The van der Waals surface area contributed by atoms with Gasteiger partial charge in [0.2, 0.25) is 0 Å². The van der Waals surface area contributed by atoms with E-state index in [1.165, 1.54) is 24.0 Å². The third-order valence-electron chi connectivity index (χ3n) is 3.19. The predicted octanol–water partition coefficient (Wildman–Crippen LogP) is 2.38. The summed E-state index contributed by atoms with van der Waals surface area (Å²) in [6.45, 7) is 0.592. The van der Waals surface area contributed by atoms with Crippen LogP contribution in [-0.4, -0.2) is 19.3 Å². The molecule has 86 valence electrons. The van der Waals surface area contributed by atoms with Gasteiger partial charge in [0, 0.05) is 20.1 Å². The minimum Gasteiger partial charge on any atom is -0.378 e. The van der Waals surface area contributed by atoms with Crippen LogP contribution < -0.4 is 5.73 Å². The molecule has 2 nitrogen and oxygen atoms in total. The lowest BCUT2D eigenvalue weighted by molar-refractivity contribution is 0.0807. The van der Waals surface area contributed by atoms with E-state index in [-0.39, 0.29) is 5.60 Å². The number of methoxy groups -OCH3 is 1. The number of rotatable bonds is 5. The van der Waals surface area contributed by atoms with Gasteiger partial charge < -0.3 is 10.5 Å². The lowest BCUT2D eigenvalue weighted by Gasteiger charge is -2.12. The molecule has 0 unspecified atom stereocenters. The molecular weight excluding hydrogens is 198 g/mol. The highest BCUT2D eigenvalue weighted by Crippen LogP contribution is 2.41. The Morgan fingerprint density at radius 3 is 2.50 bits per heavy atom. The van der Waals surface area contributed by atoms with E-state index in [2.05, 4.69) is 24.3 Å². The summed E-state index contributed by atoms with van der Waals surface area (Å²) in [6.07, 6.45) is 7.43. The molecule has 1 aliphatic rings. The van der Waals surface area contributed by atoms with Crippen LogP contribution in [0.25, 0.3) is 6.08 Å². The lowest BCUT2D eigenvalue weighted by Crippen LogP contribution is -2.14. The SMILES string of the molecule is COC1(Cc2ccc(/C=C/CN)cc2)CC1. The van der Waals surface area contributed by atoms with Gasteiger partial charge in [-0.05, 0) is 24.0 Å². The average molecular weight is 217 g/mol. The highest BCUT2D eigenvalue weighted by molar-refractivity contribution is 5.49. The Morgan fingerprint density at radius 2 is 2.00 bits per heavy atom. The summed E-state index contributed by atoms with van der Waals surface area (Å²) < 4.78 is 5.52. The largest absolute Gasteiger partial charge is 0.378 e. The molecule has 1 saturated carbocycles. The zero-order chi connectivity index (χ0) is 11.4. The van der Waals surface area contributed by atoms with Crippen molar-refractivity contribution in [1.82, 2.24) is 0 Å². The highest BCUT2D eigenvalue weighted by atomic mass is 16.5. The van der Waals surface area contributed by atoms with Crippen LogP contribution in [0.15, 0.2) is 30.3 Å². The van der Waals surface area contributed by atoms with Crippen LogP contribution >= 0.6 is 0 Å². The van der Waals surface area contributed by atoms with E-state index in [0.717, 1.165) is 6.42 Å². The van der Waals surface area contributed by atoms with Gasteiger partial charge >= 0.3 is 0 Å². The van der Waals surface area contributed by atoms with E-state index >= 15 is 0 Å². The fraction of sp³-hybridized carbons (Fsp3) is 0.429. The van der Waals surface area contributed by atoms with E-state index < -0.39 is 0 Å². The topological polar surface area (TPSA) is 35.2 Å². The van der Waals surface area contributed by atoms with Crippen LogP contribution in [0, 0.1) is 0 Å². The van der Waals surface area contributed by atoms with Crippen LogP contribution in [-0.2, 0) is 11.2 Å². The molecule has 2 heteroatoms. The molecule has 0 radical (unpaired) electrons. The van der Waals surface area contributed by atoms with Crippen molar-refractivity contribution >= 4 is 6.08 Å². The Bertz CT molecular complexity index is 363. The van der Waals surface area contributed by atoms with Crippen LogP contribution in [0.3, 0.4) is 0 Å². The van der Waals surface area contributed by atoms with Crippen molar-refractivity contribution in [3.05, 3.63) is 41.5 Å². The number of hydrogen-bond acceptors (Lipinski definition) is 2. The van der Waals surface area contributed by atoms with Gasteiger partial charge in [-0.2, -0.15) is 0 Å². The van der Waals surface area contributed by atoms with Crippen LogP contribution in [0.5, 0.6) is 0 Å². The van der Waals surface area contributed by atoms with Crippen LogP contribution in [0.1, 0.15) is 24.0 Å². The summed E-state index contributed by atoms with van der Waals surface area (Å²) in [5, 5.41) is 0. The molecule has 16 heavy (non-hydrogen) atoms. The van der Waals surface area contributed by atoms with Crippen molar-refractivity contribution in [1.29, 1.82) is 0 Å². The maximum atomic E-state index is 5.52. The normalized spacial score (nSPS) is 17.9. The summed E-state index contributed by atoms with van der Waals surface area (Å²) in [5.41, 5.74) is 8.12. The molecule has 0 bridgehead atoms. The maximum absolute atomic E-state index is 5.52. The fourth-order valence-electron chi connectivity index (χ4n) is 1.92. The van der Waals surface area contributed by atoms with Crippen molar-refractivity contribution in [3.63, 3.8) is 0 Å². The molecule has 1 aromatic carbocycles. The molecule has 0 spiro atoms. The molecule has 0 saturated heterocycles.